The second kappa shape index (κ2) is 8.76. The summed E-state index contributed by atoms with van der Waals surface area (Å²) in [5.41, 5.74) is -3.43. The molecule has 6 aliphatic rings. The SMILES string of the molecule is C=C1C[C@]23[C@H]4[C@H]1[C@@H](OC(=O)/C(C)=C/C)[C@@H](OC(=O)c1ccccc1)[C@H]2[C@@]12C[C@@H](O)C[C@@](C)(CN(C)[C@@H]41)[C@@]2(O)[C@@H](O)[C@@H]3O. The number of benzene rings is 1. The average Bonchev–Trinajstić information content (AvgIpc) is 3.26. The second-order valence-electron chi connectivity index (χ2n) is 14.2. The van der Waals surface area contributed by atoms with Gasteiger partial charge in [0.15, 0.2) is 0 Å². The van der Waals surface area contributed by atoms with E-state index in [4.69, 9.17) is 9.47 Å². The number of aliphatic hydroxyl groups is 4. The van der Waals surface area contributed by atoms with Gasteiger partial charge in [0.05, 0.1) is 17.8 Å². The Hall–Kier alpha value is -2.56. The van der Waals surface area contributed by atoms with E-state index in [1.54, 1.807) is 50.3 Å². The van der Waals surface area contributed by atoms with Crippen molar-refractivity contribution in [3.8, 4) is 0 Å². The first-order valence-corrected chi connectivity index (χ1v) is 15.0. The number of likely N-dealkylation sites (tertiary alicyclic amines) is 1. The minimum absolute atomic E-state index is 0.161. The summed E-state index contributed by atoms with van der Waals surface area (Å²) in [4.78, 5) is 29.3. The van der Waals surface area contributed by atoms with Crippen LogP contribution in [0.3, 0.4) is 0 Å². The third-order valence-electron chi connectivity index (χ3n) is 12.5. The summed E-state index contributed by atoms with van der Waals surface area (Å²) in [6.07, 6.45) is -3.18. The van der Waals surface area contributed by atoms with Gasteiger partial charge in [-0.25, -0.2) is 9.59 Å². The lowest BCUT2D eigenvalue weighted by Crippen LogP contribution is -2.84. The first-order chi connectivity index (χ1) is 19.8. The monoisotopic (exact) mass is 579 g/mol. The minimum Gasteiger partial charge on any atom is -0.454 e. The zero-order chi connectivity index (χ0) is 30.1. The molecule has 0 radical (unpaired) electrons. The van der Waals surface area contributed by atoms with E-state index in [1.807, 2.05) is 14.0 Å². The number of nitrogens with zero attached hydrogens (tertiary/aromatic N) is 1. The van der Waals surface area contributed by atoms with E-state index < -0.39 is 82.2 Å². The molecular formula is C33H41NO8. The van der Waals surface area contributed by atoms with Gasteiger partial charge in [-0.1, -0.05) is 43.4 Å². The van der Waals surface area contributed by atoms with Gasteiger partial charge in [-0.15, -0.1) is 0 Å². The average molecular weight is 580 g/mol. The van der Waals surface area contributed by atoms with Gasteiger partial charge in [-0.3, -0.25) is 0 Å². The van der Waals surface area contributed by atoms with Crippen molar-refractivity contribution in [1.29, 1.82) is 0 Å². The Labute approximate surface area is 245 Å². The molecule has 7 rings (SSSR count). The van der Waals surface area contributed by atoms with Crippen molar-refractivity contribution >= 4 is 11.9 Å². The molecule has 0 amide bonds. The summed E-state index contributed by atoms with van der Waals surface area (Å²) < 4.78 is 12.6. The number of hydrogen-bond donors (Lipinski definition) is 4. The number of ether oxygens (including phenoxy) is 2. The zero-order valence-electron chi connectivity index (χ0n) is 24.6. The molecule has 5 aliphatic carbocycles. The normalized spacial score (nSPS) is 50.4. The molecular weight excluding hydrogens is 538 g/mol. The maximum atomic E-state index is 13.7. The molecule has 6 fully saturated rings. The first kappa shape index (κ1) is 28.2. The van der Waals surface area contributed by atoms with Gasteiger partial charge in [0.25, 0.3) is 0 Å². The lowest BCUT2D eigenvalue weighted by atomic mass is 9.38. The fraction of sp³-hybridized carbons (Fsp3) is 0.636. The number of piperidine rings is 1. The van der Waals surface area contributed by atoms with Gasteiger partial charge in [0.1, 0.15) is 23.9 Å². The van der Waals surface area contributed by atoms with Crippen LogP contribution in [0.25, 0.3) is 0 Å². The third kappa shape index (κ3) is 2.97. The molecule has 1 aromatic carbocycles. The van der Waals surface area contributed by atoms with Crippen LogP contribution in [0.15, 0.2) is 54.1 Å². The van der Waals surface area contributed by atoms with E-state index in [0.29, 0.717) is 24.1 Å². The second-order valence-corrected chi connectivity index (χ2v) is 14.2. The van der Waals surface area contributed by atoms with Crippen LogP contribution in [-0.2, 0) is 14.3 Å². The maximum Gasteiger partial charge on any atom is 0.338 e. The van der Waals surface area contributed by atoms with Crippen LogP contribution in [0.2, 0.25) is 0 Å². The largest absolute Gasteiger partial charge is 0.454 e. The molecule has 13 atom stereocenters. The van der Waals surface area contributed by atoms with Crippen molar-refractivity contribution in [3.05, 3.63) is 59.7 Å². The van der Waals surface area contributed by atoms with Crippen molar-refractivity contribution in [3.63, 3.8) is 0 Å². The molecule has 1 heterocycles. The predicted octanol–water partition coefficient (Wildman–Crippen LogP) is 1.84. The Morgan fingerprint density at radius 3 is 2.43 bits per heavy atom. The summed E-state index contributed by atoms with van der Waals surface area (Å²) in [7, 11) is 1.99. The fourth-order valence-corrected chi connectivity index (χ4v) is 11.5. The minimum atomic E-state index is -1.79. The summed E-state index contributed by atoms with van der Waals surface area (Å²) in [5.74, 6) is -2.73. The number of carbonyl (C=O) groups excluding carboxylic acids is 2. The number of aliphatic hydroxyl groups excluding tert-OH is 3. The van der Waals surface area contributed by atoms with Crippen molar-refractivity contribution in [2.75, 3.05) is 13.6 Å². The Morgan fingerprint density at radius 1 is 1.07 bits per heavy atom. The molecule has 9 heteroatoms. The number of hydrogen-bond acceptors (Lipinski definition) is 9. The zero-order valence-corrected chi connectivity index (χ0v) is 24.6. The Bertz CT molecular complexity index is 1400. The highest BCUT2D eigenvalue weighted by Crippen LogP contribution is 2.84. The van der Waals surface area contributed by atoms with Crippen LogP contribution >= 0.6 is 0 Å². The highest BCUT2D eigenvalue weighted by Gasteiger charge is 2.93. The molecule has 0 aromatic heterocycles. The van der Waals surface area contributed by atoms with E-state index >= 15 is 0 Å². The van der Waals surface area contributed by atoms with Crippen LogP contribution in [0.5, 0.6) is 0 Å². The van der Waals surface area contributed by atoms with E-state index in [1.165, 1.54) is 0 Å². The first-order valence-electron chi connectivity index (χ1n) is 15.0. The molecule has 42 heavy (non-hydrogen) atoms. The Balaban J connectivity index is 1.48. The topological polar surface area (TPSA) is 137 Å². The summed E-state index contributed by atoms with van der Waals surface area (Å²) in [6, 6.07) is 8.17. The van der Waals surface area contributed by atoms with E-state index in [9.17, 15) is 30.0 Å². The number of rotatable bonds is 4. The molecule has 9 nitrogen and oxygen atoms in total. The summed E-state index contributed by atoms with van der Waals surface area (Å²) >= 11 is 0. The highest BCUT2D eigenvalue weighted by molar-refractivity contribution is 5.90. The molecule has 2 spiro atoms. The summed E-state index contributed by atoms with van der Waals surface area (Å²) in [5, 5.41) is 48.5. The molecule has 226 valence electrons. The fourth-order valence-electron chi connectivity index (χ4n) is 11.5. The van der Waals surface area contributed by atoms with E-state index in [0.717, 1.165) is 5.57 Å². The number of esters is 2. The molecule has 0 unspecified atom stereocenters. The van der Waals surface area contributed by atoms with Crippen LogP contribution in [0.1, 0.15) is 50.4 Å². The van der Waals surface area contributed by atoms with Gasteiger partial charge < -0.3 is 34.8 Å². The van der Waals surface area contributed by atoms with Crippen molar-refractivity contribution in [1.82, 2.24) is 4.90 Å². The molecule has 1 aliphatic heterocycles. The highest BCUT2D eigenvalue weighted by atomic mass is 16.6. The molecule has 6 bridgehead atoms. The van der Waals surface area contributed by atoms with E-state index in [2.05, 4.69) is 11.5 Å². The van der Waals surface area contributed by atoms with Crippen LogP contribution in [-0.4, -0.2) is 93.0 Å². The van der Waals surface area contributed by atoms with Gasteiger partial charge in [-0.2, -0.15) is 0 Å². The van der Waals surface area contributed by atoms with Crippen LogP contribution in [0, 0.1) is 34.0 Å². The molecule has 1 aromatic rings. The number of carbonyl (C=O) groups is 2. The Kier molecular flexibility index (Phi) is 5.89. The van der Waals surface area contributed by atoms with Crippen molar-refractivity contribution in [2.45, 2.75) is 82.2 Å². The lowest BCUT2D eigenvalue weighted by molar-refractivity contribution is -0.361. The predicted molar refractivity (Wildman–Crippen MR) is 151 cm³/mol. The summed E-state index contributed by atoms with van der Waals surface area (Å²) in [6.45, 7) is 10.1. The lowest BCUT2D eigenvalue weighted by Gasteiger charge is -2.73. The van der Waals surface area contributed by atoms with Gasteiger partial charge in [0.2, 0.25) is 0 Å². The van der Waals surface area contributed by atoms with E-state index in [-0.39, 0.29) is 18.8 Å². The van der Waals surface area contributed by atoms with Crippen molar-refractivity contribution in [2.24, 2.45) is 34.0 Å². The van der Waals surface area contributed by atoms with Gasteiger partial charge in [-0.05, 0) is 58.2 Å². The van der Waals surface area contributed by atoms with Crippen LogP contribution in [0.4, 0.5) is 0 Å². The quantitative estimate of drug-likeness (QED) is 0.239. The maximum absolute atomic E-state index is 13.7. The standard InChI is InChI=1S/C33H41NO8/c1-6-16(2)28(38)41-22-20-17(3)12-31-21(20)25-32(24(31)23(22)42-29(39)18-10-8-7-9-11-18)14-19(35)13-30(4,15-34(25)5)33(32,40)27(37)26(31)36/h6-11,19-27,35-37,40H,3,12-15H2,1-2,4-5H3/b16-6+/t19-,20-,21-,22+,23+,24+,25-,26-,27-,30-,31-,32-,33-/m0/s1. The molecule has 1 saturated heterocycles. The van der Waals surface area contributed by atoms with Gasteiger partial charge >= 0.3 is 11.9 Å². The van der Waals surface area contributed by atoms with Crippen molar-refractivity contribution < 1.29 is 39.5 Å². The molecule has 5 saturated carbocycles. The van der Waals surface area contributed by atoms with Gasteiger partial charge in [0, 0.05) is 46.2 Å². The Morgan fingerprint density at radius 2 is 1.76 bits per heavy atom. The molecule has 4 N–H and O–H groups in total. The smallest absolute Gasteiger partial charge is 0.338 e. The number of allylic oxidation sites excluding steroid dienone is 1. The third-order valence-corrected chi connectivity index (χ3v) is 12.5. The van der Waals surface area contributed by atoms with Crippen LogP contribution < -0.4 is 0 Å².